The number of benzene rings is 12. The van der Waals surface area contributed by atoms with Gasteiger partial charge in [-0.05, 0) is 153 Å². The molecule has 0 radical (unpaired) electrons. The first-order valence-electron chi connectivity index (χ1n) is 22.4. The summed E-state index contributed by atoms with van der Waals surface area (Å²) in [6, 6.07) is 95.1. The Morgan fingerprint density at radius 1 is 0.185 bits per heavy atom. The monoisotopic (exact) mass is 825 g/mol. The zero-order valence-electron chi connectivity index (χ0n) is 35.8. The van der Waals surface area contributed by atoms with Gasteiger partial charge in [-0.25, -0.2) is 0 Å². The van der Waals surface area contributed by atoms with Crippen molar-refractivity contribution >= 4 is 60.2 Å². The van der Waals surface area contributed by atoms with E-state index in [1.807, 2.05) is 0 Å². The predicted octanol–water partition coefficient (Wildman–Crippen LogP) is 18.1. The van der Waals surface area contributed by atoms with Gasteiger partial charge in [0.25, 0.3) is 0 Å². The van der Waals surface area contributed by atoms with Crippen molar-refractivity contribution in [3.8, 4) is 55.6 Å². The highest BCUT2D eigenvalue weighted by Crippen LogP contribution is 2.42. The lowest BCUT2D eigenvalue weighted by Crippen LogP contribution is -2.09. The second-order valence-electron chi connectivity index (χ2n) is 16.9. The van der Waals surface area contributed by atoms with Crippen LogP contribution in [0.2, 0.25) is 0 Å². The number of hydrogen-bond acceptors (Lipinski definition) is 1. The third-order valence-electron chi connectivity index (χ3n) is 13.1. The highest BCUT2D eigenvalue weighted by atomic mass is 15.1. The van der Waals surface area contributed by atoms with E-state index in [0.29, 0.717) is 0 Å². The molecule has 0 N–H and O–H groups in total. The lowest BCUT2D eigenvalue weighted by molar-refractivity contribution is 1.28. The van der Waals surface area contributed by atoms with Gasteiger partial charge in [-0.3, -0.25) is 0 Å². The van der Waals surface area contributed by atoms with E-state index < -0.39 is 0 Å². The van der Waals surface area contributed by atoms with Crippen LogP contribution in [0.1, 0.15) is 0 Å². The molecule has 12 rings (SSSR count). The van der Waals surface area contributed by atoms with Crippen LogP contribution in [0.25, 0.3) is 98.7 Å². The Hall–Kier alpha value is -8.52. The van der Waals surface area contributed by atoms with E-state index in [4.69, 9.17) is 0 Å². The van der Waals surface area contributed by atoms with Crippen molar-refractivity contribution < 1.29 is 0 Å². The van der Waals surface area contributed by atoms with E-state index in [-0.39, 0.29) is 0 Å². The fraction of sp³-hybridized carbons (Fsp3) is 0. The molecule has 12 aromatic carbocycles. The van der Waals surface area contributed by atoms with E-state index in [1.165, 1.54) is 98.7 Å². The molecular weight excluding hydrogens is 783 g/mol. The lowest BCUT2D eigenvalue weighted by Gasteiger charge is -2.26. The number of nitrogens with zero attached hydrogens (tertiary/aromatic N) is 1. The Balaban J connectivity index is 0.935. The Morgan fingerprint density at radius 3 is 1.06 bits per heavy atom. The molecule has 65 heavy (non-hydrogen) atoms. The topological polar surface area (TPSA) is 3.24 Å². The Labute approximate surface area is 379 Å². The summed E-state index contributed by atoms with van der Waals surface area (Å²) in [5.74, 6) is 0. The molecule has 0 fully saturated rings. The fourth-order valence-electron chi connectivity index (χ4n) is 9.89. The SMILES string of the molecule is c1ccc(-c2ccccc2-c2ccc(N(c3ccc(-c4cccc(-c5cc6ccccc6c6ccccc56)c4)cc3)c3ccc(-c4cc5ccccc5c5ccccc45)cc3)cc2)cc1. The average molecular weight is 826 g/mol. The maximum atomic E-state index is 2.37. The quantitative estimate of drug-likeness (QED) is 0.138. The molecule has 0 heterocycles. The lowest BCUT2D eigenvalue weighted by atomic mass is 9.92. The summed E-state index contributed by atoms with van der Waals surface area (Å²) in [4.78, 5) is 2.37. The first-order valence-corrected chi connectivity index (χ1v) is 22.4. The summed E-state index contributed by atoms with van der Waals surface area (Å²) in [7, 11) is 0. The Morgan fingerprint density at radius 2 is 0.538 bits per heavy atom. The highest BCUT2D eigenvalue weighted by molar-refractivity contribution is 6.15. The molecule has 0 spiro atoms. The van der Waals surface area contributed by atoms with Crippen LogP contribution in [0.15, 0.2) is 261 Å². The molecule has 304 valence electrons. The van der Waals surface area contributed by atoms with Crippen LogP contribution in [0.5, 0.6) is 0 Å². The Kier molecular flexibility index (Phi) is 9.58. The van der Waals surface area contributed by atoms with Gasteiger partial charge in [0.15, 0.2) is 0 Å². The van der Waals surface area contributed by atoms with Gasteiger partial charge in [-0.15, -0.1) is 0 Å². The molecular formula is C64H43N. The second kappa shape index (κ2) is 16.3. The predicted molar refractivity (Wildman–Crippen MR) is 278 cm³/mol. The maximum Gasteiger partial charge on any atom is 0.0462 e. The summed E-state index contributed by atoms with van der Waals surface area (Å²) in [5.41, 5.74) is 15.4. The third-order valence-corrected chi connectivity index (χ3v) is 13.1. The van der Waals surface area contributed by atoms with Crippen molar-refractivity contribution in [1.82, 2.24) is 0 Å². The van der Waals surface area contributed by atoms with Crippen LogP contribution in [-0.4, -0.2) is 0 Å². The molecule has 0 atom stereocenters. The van der Waals surface area contributed by atoms with Gasteiger partial charge in [0.05, 0.1) is 0 Å². The first-order chi connectivity index (χ1) is 32.2. The van der Waals surface area contributed by atoms with Crippen LogP contribution < -0.4 is 4.90 Å². The van der Waals surface area contributed by atoms with Gasteiger partial charge in [0.2, 0.25) is 0 Å². The third kappa shape index (κ3) is 7.01. The largest absolute Gasteiger partial charge is 0.311 e. The van der Waals surface area contributed by atoms with E-state index in [9.17, 15) is 0 Å². The normalized spacial score (nSPS) is 11.4. The number of hydrogen-bond donors (Lipinski definition) is 0. The molecule has 12 aromatic rings. The fourth-order valence-corrected chi connectivity index (χ4v) is 9.89. The van der Waals surface area contributed by atoms with Crippen molar-refractivity contribution in [3.05, 3.63) is 261 Å². The van der Waals surface area contributed by atoms with E-state index in [1.54, 1.807) is 0 Å². The molecule has 0 aromatic heterocycles. The zero-order valence-corrected chi connectivity index (χ0v) is 35.8. The first kappa shape index (κ1) is 38.2. The van der Waals surface area contributed by atoms with Gasteiger partial charge in [-0.2, -0.15) is 0 Å². The molecule has 0 saturated carbocycles. The highest BCUT2D eigenvalue weighted by Gasteiger charge is 2.17. The molecule has 0 bridgehead atoms. The summed E-state index contributed by atoms with van der Waals surface area (Å²) in [5, 5.41) is 10.1. The molecule has 0 aliphatic carbocycles. The molecule has 0 aliphatic rings. The maximum absolute atomic E-state index is 2.37. The van der Waals surface area contributed by atoms with Gasteiger partial charge >= 0.3 is 0 Å². The van der Waals surface area contributed by atoms with Crippen LogP contribution in [0, 0.1) is 0 Å². The minimum atomic E-state index is 1.09. The van der Waals surface area contributed by atoms with Crippen molar-refractivity contribution in [2.24, 2.45) is 0 Å². The van der Waals surface area contributed by atoms with Crippen molar-refractivity contribution in [2.45, 2.75) is 0 Å². The molecule has 1 nitrogen and oxygen atoms in total. The molecule has 1 heteroatoms. The van der Waals surface area contributed by atoms with Gasteiger partial charge in [0.1, 0.15) is 0 Å². The van der Waals surface area contributed by atoms with Crippen LogP contribution in [0.3, 0.4) is 0 Å². The number of fused-ring (bicyclic) bond motifs is 6. The second-order valence-corrected chi connectivity index (χ2v) is 16.9. The number of rotatable bonds is 8. The molecule has 0 unspecified atom stereocenters. The van der Waals surface area contributed by atoms with E-state index >= 15 is 0 Å². The number of anilines is 3. The van der Waals surface area contributed by atoms with Crippen molar-refractivity contribution in [1.29, 1.82) is 0 Å². The average Bonchev–Trinajstić information content (AvgIpc) is 3.39. The van der Waals surface area contributed by atoms with Crippen LogP contribution in [-0.2, 0) is 0 Å². The Bertz CT molecular complexity index is 3680. The van der Waals surface area contributed by atoms with Gasteiger partial charge in [-0.1, -0.05) is 206 Å². The molecule has 0 saturated heterocycles. The summed E-state index contributed by atoms with van der Waals surface area (Å²) in [6.45, 7) is 0. The zero-order chi connectivity index (χ0) is 43.1. The summed E-state index contributed by atoms with van der Waals surface area (Å²) < 4.78 is 0. The standard InChI is InChI=1S/C64H43N/c1-2-15-45(16-3-1)55-21-8-9-22-56(55)46-31-37-53(38-32-46)65(54-39-33-47(34-40-54)63-42-50-17-4-6-23-57(50)59-25-10-12-27-61(59)63)52-35-29-44(30-36-52)48-19-14-20-49(41-48)64-43-51-18-5-7-24-58(51)60-26-11-13-28-62(60)64/h1-43H. The minimum Gasteiger partial charge on any atom is -0.311 e. The summed E-state index contributed by atoms with van der Waals surface area (Å²) >= 11 is 0. The van der Waals surface area contributed by atoms with Gasteiger partial charge < -0.3 is 4.90 Å². The van der Waals surface area contributed by atoms with E-state index in [0.717, 1.165) is 17.1 Å². The smallest absolute Gasteiger partial charge is 0.0462 e. The van der Waals surface area contributed by atoms with E-state index in [2.05, 4.69) is 266 Å². The van der Waals surface area contributed by atoms with Crippen molar-refractivity contribution in [3.63, 3.8) is 0 Å². The van der Waals surface area contributed by atoms with Gasteiger partial charge in [0, 0.05) is 17.1 Å². The summed E-state index contributed by atoms with van der Waals surface area (Å²) in [6.07, 6.45) is 0. The molecule has 0 aliphatic heterocycles. The van der Waals surface area contributed by atoms with Crippen LogP contribution >= 0.6 is 0 Å². The van der Waals surface area contributed by atoms with Crippen molar-refractivity contribution in [2.75, 3.05) is 4.90 Å². The van der Waals surface area contributed by atoms with Crippen LogP contribution in [0.4, 0.5) is 17.1 Å². The minimum absolute atomic E-state index is 1.09. The molecule has 0 amide bonds.